The third-order valence-corrected chi connectivity index (χ3v) is 4.31. The smallest absolute Gasteiger partial charge is 0.416 e. The zero-order valence-corrected chi connectivity index (χ0v) is 16.9. The van der Waals surface area contributed by atoms with Gasteiger partial charge < -0.3 is 15.8 Å². The van der Waals surface area contributed by atoms with Gasteiger partial charge in [-0.1, -0.05) is 17.3 Å². The third kappa shape index (κ3) is 6.24. The van der Waals surface area contributed by atoms with E-state index in [1.54, 1.807) is 5.32 Å². The molecular weight excluding hydrogens is 472 g/mol. The predicted octanol–water partition coefficient (Wildman–Crippen LogP) is 3.26. The molecule has 0 aliphatic rings. The summed E-state index contributed by atoms with van der Waals surface area (Å²) in [6.07, 6.45) is -8.08. The molecule has 0 radical (unpaired) electrons. The first-order valence-electron chi connectivity index (χ1n) is 9.34. The minimum atomic E-state index is -4.63. The van der Waals surface area contributed by atoms with Crippen molar-refractivity contribution in [2.45, 2.75) is 19.0 Å². The normalized spacial score (nSPS) is 11.8. The number of nitrogens with one attached hydrogen (secondary N) is 1. The maximum atomic E-state index is 13.0. The van der Waals surface area contributed by atoms with E-state index in [-0.39, 0.29) is 34.9 Å². The highest BCUT2D eigenvalue weighted by Gasteiger charge is 2.30. The number of halogens is 6. The van der Waals surface area contributed by atoms with Gasteiger partial charge in [0.15, 0.2) is 5.69 Å². The van der Waals surface area contributed by atoms with Gasteiger partial charge in [-0.2, -0.15) is 26.3 Å². The Bertz CT molecular complexity index is 1210. The largest absolute Gasteiger partial charge is 0.487 e. The van der Waals surface area contributed by atoms with Crippen LogP contribution in [0.4, 0.5) is 26.3 Å². The number of ether oxygens (including phenoxy) is 1. The standard InChI is InChI=1S/C20H15F6N5O3/c21-19(22,23)10-28-18(33)12-4-5-15(31-8-14(17(27)32)29-30-31)16(7-12)34-9-11-2-1-3-13(6-11)20(24,25)26/h1-8H,9-10H2,(H2,27,32)(H,28,33). The van der Waals surface area contributed by atoms with Crippen LogP contribution in [0.3, 0.4) is 0 Å². The second-order valence-corrected chi connectivity index (χ2v) is 6.88. The number of nitrogens with zero attached hydrogens (tertiary/aromatic N) is 3. The van der Waals surface area contributed by atoms with Crippen LogP contribution in [0.5, 0.6) is 5.75 Å². The Morgan fingerprint density at radius 3 is 2.41 bits per heavy atom. The van der Waals surface area contributed by atoms with Crippen LogP contribution in [0.2, 0.25) is 0 Å². The molecule has 3 aromatic rings. The van der Waals surface area contributed by atoms with Crippen molar-refractivity contribution < 1.29 is 40.7 Å². The maximum Gasteiger partial charge on any atom is 0.416 e. The van der Waals surface area contributed by atoms with Gasteiger partial charge in [0.1, 0.15) is 24.6 Å². The summed E-state index contributed by atoms with van der Waals surface area (Å²) in [6, 6.07) is 7.80. The topological polar surface area (TPSA) is 112 Å². The van der Waals surface area contributed by atoms with E-state index in [9.17, 15) is 35.9 Å². The Balaban J connectivity index is 1.92. The molecule has 2 amide bonds. The van der Waals surface area contributed by atoms with Gasteiger partial charge in [-0.15, -0.1) is 5.10 Å². The first-order chi connectivity index (χ1) is 15.8. The molecule has 3 N–H and O–H groups in total. The minimum Gasteiger partial charge on any atom is -0.487 e. The minimum absolute atomic E-state index is 0.0966. The van der Waals surface area contributed by atoms with Gasteiger partial charge >= 0.3 is 12.4 Å². The van der Waals surface area contributed by atoms with E-state index in [2.05, 4.69) is 10.3 Å². The van der Waals surface area contributed by atoms with Gasteiger partial charge in [0.25, 0.3) is 11.8 Å². The third-order valence-electron chi connectivity index (χ3n) is 4.31. The van der Waals surface area contributed by atoms with Gasteiger partial charge in [0, 0.05) is 5.56 Å². The summed E-state index contributed by atoms with van der Waals surface area (Å²) in [5.74, 6) is -2.08. The molecule has 3 rings (SSSR count). The Morgan fingerprint density at radius 2 is 1.79 bits per heavy atom. The number of aromatic nitrogens is 3. The summed E-state index contributed by atoms with van der Waals surface area (Å²) < 4.78 is 82.8. The van der Waals surface area contributed by atoms with Crippen LogP contribution in [0, 0.1) is 0 Å². The lowest BCUT2D eigenvalue weighted by Crippen LogP contribution is -2.33. The average molecular weight is 487 g/mol. The van der Waals surface area contributed by atoms with Crippen LogP contribution >= 0.6 is 0 Å². The number of primary amides is 1. The molecule has 0 unspecified atom stereocenters. The quantitative estimate of drug-likeness (QED) is 0.497. The summed E-state index contributed by atoms with van der Waals surface area (Å²) in [4.78, 5) is 23.4. The summed E-state index contributed by atoms with van der Waals surface area (Å²) in [5.41, 5.74) is 4.02. The van der Waals surface area contributed by atoms with E-state index >= 15 is 0 Å². The Kier molecular flexibility index (Phi) is 6.79. The highest BCUT2D eigenvalue weighted by Crippen LogP contribution is 2.30. The van der Waals surface area contributed by atoms with Crippen LogP contribution < -0.4 is 15.8 Å². The van der Waals surface area contributed by atoms with Crippen LogP contribution in [0.25, 0.3) is 5.69 Å². The van der Waals surface area contributed by atoms with Crippen molar-refractivity contribution >= 4 is 11.8 Å². The predicted molar refractivity (Wildman–Crippen MR) is 104 cm³/mol. The van der Waals surface area contributed by atoms with Gasteiger partial charge in [-0.05, 0) is 35.9 Å². The van der Waals surface area contributed by atoms with Crippen molar-refractivity contribution in [2.24, 2.45) is 5.73 Å². The van der Waals surface area contributed by atoms with E-state index in [0.29, 0.717) is 0 Å². The SMILES string of the molecule is NC(=O)c1cn(-c2ccc(C(=O)NCC(F)(F)F)cc2OCc2cccc(C(F)(F)F)c2)nn1. The van der Waals surface area contributed by atoms with E-state index in [0.717, 1.165) is 29.1 Å². The van der Waals surface area contributed by atoms with Crippen LogP contribution in [-0.4, -0.2) is 39.5 Å². The van der Waals surface area contributed by atoms with E-state index in [4.69, 9.17) is 10.5 Å². The second kappa shape index (κ2) is 9.41. The molecule has 8 nitrogen and oxygen atoms in total. The highest BCUT2D eigenvalue weighted by atomic mass is 19.4. The summed E-state index contributed by atoms with van der Waals surface area (Å²) >= 11 is 0. The number of hydrogen-bond acceptors (Lipinski definition) is 5. The van der Waals surface area contributed by atoms with Crippen LogP contribution in [0.1, 0.15) is 32.0 Å². The molecule has 14 heteroatoms. The number of amides is 2. The van der Waals surface area contributed by atoms with Crippen molar-refractivity contribution in [3.8, 4) is 11.4 Å². The van der Waals surface area contributed by atoms with Gasteiger partial charge in [-0.3, -0.25) is 9.59 Å². The first kappa shape index (κ1) is 24.5. The molecule has 0 saturated heterocycles. The lowest BCUT2D eigenvalue weighted by atomic mass is 10.1. The zero-order valence-electron chi connectivity index (χ0n) is 16.9. The van der Waals surface area contributed by atoms with Crippen molar-refractivity contribution in [3.63, 3.8) is 0 Å². The van der Waals surface area contributed by atoms with Crippen molar-refractivity contribution in [2.75, 3.05) is 6.54 Å². The number of rotatable bonds is 7. The molecular formula is C20H15F6N5O3. The average Bonchev–Trinajstić information content (AvgIpc) is 3.25. The number of nitrogens with two attached hydrogens (primary N) is 1. The number of hydrogen-bond donors (Lipinski definition) is 2. The monoisotopic (exact) mass is 487 g/mol. The van der Waals surface area contributed by atoms with E-state index in [1.807, 2.05) is 0 Å². The fourth-order valence-electron chi connectivity index (χ4n) is 2.74. The lowest BCUT2D eigenvalue weighted by molar-refractivity contribution is -0.137. The highest BCUT2D eigenvalue weighted by molar-refractivity contribution is 5.95. The molecule has 180 valence electrons. The second-order valence-electron chi connectivity index (χ2n) is 6.88. The van der Waals surface area contributed by atoms with E-state index in [1.165, 1.54) is 24.3 Å². The number of carbonyl (C=O) groups excluding carboxylic acids is 2. The van der Waals surface area contributed by atoms with Crippen LogP contribution in [0.15, 0.2) is 48.7 Å². The fourth-order valence-corrected chi connectivity index (χ4v) is 2.74. The fraction of sp³-hybridized carbons (Fsp3) is 0.200. The molecule has 34 heavy (non-hydrogen) atoms. The van der Waals surface area contributed by atoms with Gasteiger partial charge in [-0.25, -0.2) is 4.68 Å². The zero-order chi connectivity index (χ0) is 25.1. The van der Waals surface area contributed by atoms with Crippen molar-refractivity contribution in [1.82, 2.24) is 20.3 Å². The molecule has 0 bridgehead atoms. The maximum absolute atomic E-state index is 13.0. The molecule has 0 aliphatic heterocycles. The van der Waals surface area contributed by atoms with Gasteiger partial charge in [0.2, 0.25) is 0 Å². The van der Waals surface area contributed by atoms with Crippen molar-refractivity contribution in [1.29, 1.82) is 0 Å². The van der Waals surface area contributed by atoms with Crippen molar-refractivity contribution in [3.05, 3.63) is 71.0 Å². The number of carbonyl (C=O) groups is 2. The molecule has 2 aromatic carbocycles. The Morgan fingerprint density at radius 1 is 1.06 bits per heavy atom. The molecule has 1 aromatic heterocycles. The number of benzene rings is 2. The Labute approximate surface area is 187 Å². The first-order valence-corrected chi connectivity index (χ1v) is 9.34. The molecule has 0 fully saturated rings. The van der Waals surface area contributed by atoms with E-state index < -0.39 is 36.3 Å². The molecule has 1 heterocycles. The summed E-state index contributed by atoms with van der Waals surface area (Å²) in [5, 5.41) is 8.96. The summed E-state index contributed by atoms with van der Waals surface area (Å²) in [6.45, 7) is -1.96. The Hall–Kier alpha value is -4.10. The molecule has 0 aliphatic carbocycles. The molecule has 0 saturated carbocycles. The van der Waals surface area contributed by atoms with Crippen LogP contribution in [-0.2, 0) is 12.8 Å². The van der Waals surface area contributed by atoms with Gasteiger partial charge in [0.05, 0.1) is 11.8 Å². The summed E-state index contributed by atoms with van der Waals surface area (Å²) in [7, 11) is 0. The molecule has 0 atom stereocenters. The number of alkyl halides is 6. The lowest BCUT2D eigenvalue weighted by Gasteiger charge is -2.14. The molecule has 0 spiro atoms.